The first kappa shape index (κ1) is 16.4. The van der Waals surface area contributed by atoms with E-state index in [9.17, 15) is 4.79 Å². The van der Waals surface area contributed by atoms with Crippen LogP contribution in [0.1, 0.15) is 46.5 Å². The third-order valence-corrected chi connectivity index (χ3v) is 4.30. The van der Waals surface area contributed by atoms with Crippen molar-refractivity contribution in [2.24, 2.45) is 5.92 Å². The fraction of sp³-hybridized carbons (Fsp3) is 0.933. The Balaban J connectivity index is 2.34. The first-order chi connectivity index (χ1) is 9.05. The van der Waals surface area contributed by atoms with Crippen LogP contribution < -0.4 is 5.32 Å². The number of carbonyl (C=O) groups is 1. The van der Waals surface area contributed by atoms with Crippen molar-refractivity contribution >= 4 is 5.97 Å². The van der Waals surface area contributed by atoms with Crippen molar-refractivity contribution in [2.45, 2.75) is 52.0 Å². The zero-order valence-electron chi connectivity index (χ0n) is 13.0. The highest BCUT2D eigenvalue weighted by atomic mass is 16.5. The zero-order valence-corrected chi connectivity index (χ0v) is 13.0. The van der Waals surface area contributed by atoms with Crippen LogP contribution in [0.3, 0.4) is 0 Å². The van der Waals surface area contributed by atoms with Crippen molar-refractivity contribution in [1.82, 2.24) is 10.2 Å². The van der Waals surface area contributed by atoms with E-state index in [2.05, 4.69) is 17.1 Å². The SMILES string of the molecule is CCNC(C)(CCCN1CCC(CC)C1)C(=O)OC. The Bertz CT molecular complexity index is 283. The van der Waals surface area contributed by atoms with Crippen LogP contribution in [0, 0.1) is 5.92 Å². The number of likely N-dealkylation sites (N-methyl/N-ethyl adjacent to an activating group) is 1. The van der Waals surface area contributed by atoms with Gasteiger partial charge in [-0.3, -0.25) is 4.79 Å². The Morgan fingerprint density at radius 2 is 2.21 bits per heavy atom. The van der Waals surface area contributed by atoms with Crippen molar-refractivity contribution in [3.63, 3.8) is 0 Å². The minimum absolute atomic E-state index is 0.151. The smallest absolute Gasteiger partial charge is 0.325 e. The number of rotatable bonds is 8. The summed E-state index contributed by atoms with van der Waals surface area (Å²) in [5, 5.41) is 3.26. The maximum atomic E-state index is 11.9. The highest BCUT2D eigenvalue weighted by molar-refractivity contribution is 5.80. The first-order valence-electron chi connectivity index (χ1n) is 7.61. The highest BCUT2D eigenvalue weighted by Gasteiger charge is 2.33. The predicted octanol–water partition coefficient (Wildman–Crippen LogP) is 2.04. The number of nitrogens with one attached hydrogen (secondary N) is 1. The predicted molar refractivity (Wildman–Crippen MR) is 78.2 cm³/mol. The summed E-state index contributed by atoms with van der Waals surface area (Å²) in [5.41, 5.74) is -0.534. The molecule has 2 unspecified atom stereocenters. The Labute approximate surface area is 117 Å². The molecule has 19 heavy (non-hydrogen) atoms. The van der Waals surface area contributed by atoms with E-state index in [1.165, 1.54) is 33.0 Å². The molecule has 0 amide bonds. The molecule has 1 aliphatic heterocycles. The molecule has 0 saturated carbocycles. The largest absolute Gasteiger partial charge is 0.468 e. The summed E-state index contributed by atoms with van der Waals surface area (Å²) in [4.78, 5) is 14.4. The van der Waals surface area contributed by atoms with Gasteiger partial charge in [0.2, 0.25) is 0 Å². The van der Waals surface area contributed by atoms with Crippen LogP contribution in [0.5, 0.6) is 0 Å². The normalized spacial score (nSPS) is 23.3. The van der Waals surface area contributed by atoms with Gasteiger partial charge in [-0.05, 0) is 51.7 Å². The lowest BCUT2D eigenvalue weighted by Gasteiger charge is -2.28. The van der Waals surface area contributed by atoms with Gasteiger partial charge in [0, 0.05) is 6.54 Å². The van der Waals surface area contributed by atoms with E-state index in [1.54, 1.807) is 0 Å². The Hall–Kier alpha value is -0.610. The quantitative estimate of drug-likeness (QED) is 0.685. The lowest BCUT2D eigenvalue weighted by molar-refractivity contribution is -0.148. The van der Waals surface area contributed by atoms with E-state index in [0.29, 0.717) is 0 Å². The standard InChI is InChI=1S/C15H30N2O2/c1-5-13-8-11-17(12-13)10-7-9-15(3,16-6-2)14(18)19-4/h13,16H,5-12H2,1-4H3. The second-order valence-corrected chi connectivity index (χ2v) is 5.82. The second-order valence-electron chi connectivity index (χ2n) is 5.82. The summed E-state index contributed by atoms with van der Waals surface area (Å²) in [5.74, 6) is 0.725. The summed E-state index contributed by atoms with van der Waals surface area (Å²) < 4.78 is 4.91. The molecule has 1 heterocycles. The molecule has 1 saturated heterocycles. The third kappa shape index (κ3) is 4.77. The molecule has 4 nitrogen and oxygen atoms in total. The molecule has 4 heteroatoms. The van der Waals surface area contributed by atoms with E-state index < -0.39 is 5.54 Å². The average Bonchev–Trinajstić information content (AvgIpc) is 2.86. The third-order valence-electron chi connectivity index (χ3n) is 4.30. The maximum Gasteiger partial charge on any atom is 0.325 e. The maximum absolute atomic E-state index is 11.9. The first-order valence-corrected chi connectivity index (χ1v) is 7.61. The number of methoxy groups -OCH3 is 1. The van der Waals surface area contributed by atoms with Crippen molar-refractivity contribution < 1.29 is 9.53 Å². The molecular weight excluding hydrogens is 240 g/mol. The lowest BCUT2D eigenvalue weighted by atomic mass is 9.95. The summed E-state index contributed by atoms with van der Waals surface area (Å²) >= 11 is 0. The van der Waals surface area contributed by atoms with Crippen molar-refractivity contribution in [2.75, 3.05) is 33.3 Å². The van der Waals surface area contributed by atoms with Crippen LogP contribution in [0.25, 0.3) is 0 Å². The van der Waals surface area contributed by atoms with Crippen LogP contribution in [-0.2, 0) is 9.53 Å². The van der Waals surface area contributed by atoms with Gasteiger partial charge in [-0.2, -0.15) is 0 Å². The minimum atomic E-state index is -0.534. The number of hydrogen-bond donors (Lipinski definition) is 1. The molecule has 0 bridgehead atoms. The molecular formula is C15H30N2O2. The second kappa shape index (κ2) is 7.85. The summed E-state index contributed by atoms with van der Waals surface area (Å²) in [6.07, 6.45) is 4.49. The molecule has 1 fully saturated rings. The van der Waals surface area contributed by atoms with E-state index in [4.69, 9.17) is 4.74 Å². The van der Waals surface area contributed by atoms with Gasteiger partial charge >= 0.3 is 5.97 Å². The Morgan fingerprint density at radius 3 is 2.74 bits per heavy atom. The van der Waals surface area contributed by atoms with Crippen LogP contribution in [0.2, 0.25) is 0 Å². The summed E-state index contributed by atoms with van der Waals surface area (Å²) in [6.45, 7) is 10.6. The van der Waals surface area contributed by atoms with Crippen LogP contribution in [-0.4, -0.2) is 49.7 Å². The summed E-state index contributed by atoms with van der Waals surface area (Å²) in [7, 11) is 1.46. The minimum Gasteiger partial charge on any atom is -0.468 e. The van der Waals surface area contributed by atoms with Crippen molar-refractivity contribution in [3.8, 4) is 0 Å². The molecule has 1 N–H and O–H groups in total. The van der Waals surface area contributed by atoms with Crippen LogP contribution in [0.15, 0.2) is 0 Å². The molecule has 0 radical (unpaired) electrons. The fourth-order valence-electron chi connectivity index (χ4n) is 2.98. The van der Waals surface area contributed by atoms with Gasteiger partial charge in [-0.1, -0.05) is 20.3 Å². The monoisotopic (exact) mass is 270 g/mol. The number of carbonyl (C=O) groups excluding carboxylic acids is 1. The number of ether oxygens (including phenoxy) is 1. The van der Waals surface area contributed by atoms with Gasteiger partial charge < -0.3 is 15.0 Å². The Kier molecular flexibility index (Phi) is 6.80. The van der Waals surface area contributed by atoms with Gasteiger partial charge in [0.25, 0.3) is 0 Å². The zero-order chi connectivity index (χ0) is 14.3. The molecule has 0 aromatic carbocycles. The van der Waals surface area contributed by atoms with Crippen molar-refractivity contribution in [3.05, 3.63) is 0 Å². The van der Waals surface area contributed by atoms with Gasteiger partial charge in [0.15, 0.2) is 0 Å². The van der Waals surface area contributed by atoms with E-state index >= 15 is 0 Å². The number of esters is 1. The lowest BCUT2D eigenvalue weighted by Crippen LogP contribution is -2.50. The molecule has 1 aliphatic rings. The van der Waals surface area contributed by atoms with E-state index in [0.717, 1.165) is 31.8 Å². The van der Waals surface area contributed by atoms with E-state index in [1.807, 2.05) is 13.8 Å². The molecule has 1 rings (SSSR count). The average molecular weight is 270 g/mol. The van der Waals surface area contributed by atoms with Gasteiger partial charge in [-0.25, -0.2) is 0 Å². The Morgan fingerprint density at radius 1 is 1.47 bits per heavy atom. The topological polar surface area (TPSA) is 41.6 Å². The van der Waals surface area contributed by atoms with Crippen LogP contribution >= 0.6 is 0 Å². The van der Waals surface area contributed by atoms with Crippen LogP contribution in [0.4, 0.5) is 0 Å². The number of hydrogen-bond acceptors (Lipinski definition) is 4. The molecule has 2 atom stereocenters. The van der Waals surface area contributed by atoms with E-state index in [-0.39, 0.29) is 5.97 Å². The number of nitrogens with zero attached hydrogens (tertiary/aromatic N) is 1. The fourth-order valence-corrected chi connectivity index (χ4v) is 2.98. The van der Waals surface area contributed by atoms with Gasteiger partial charge in [0.1, 0.15) is 5.54 Å². The molecule has 0 aromatic rings. The molecule has 0 aromatic heterocycles. The molecule has 0 aliphatic carbocycles. The highest BCUT2D eigenvalue weighted by Crippen LogP contribution is 2.21. The van der Waals surface area contributed by atoms with Gasteiger partial charge in [0.05, 0.1) is 7.11 Å². The molecule has 0 spiro atoms. The molecule has 112 valence electrons. The summed E-state index contributed by atoms with van der Waals surface area (Å²) in [6, 6.07) is 0. The number of likely N-dealkylation sites (tertiary alicyclic amines) is 1. The van der Waals surface area contributed by atoms with Crippen molar-refractivity contribution in [1.29, 1.82) is 0 Å². The van der Waals surface area contributed by atoms with Gasteiger partial charge in [-0.15, -0.1) is 0 Å².